The lowest BCUT2D eigenvalue weighted by molar-refractivity contribution is 0.0882. The molecule has 23 heavy (non-hydrogen) atoms. The summed E-state index contributed by atoms with van der Waals surface area (Å²) in [5.74, 6) is 0.342. The van der Waals surface area contributed by atoms with Crippen LogP contribution in [0, 0.1) is 0 Å². The summed E-state index contributed by atoms with van der Waals surface area (Å²) in [7, 11) is 0. The fourth-order valence-electron chi connectivity index (χ4n) is 2.01. The Morgan fingerprint density at radius 2 is 2.13 bits per heavy atom. The molecule has 0 atom stereocenters. The highest BCUT2D eigenvalue weighted by Crippen LogP contribution is 2.11. The smallest absolute Gasteiger partial charge is 0.269 e. The Kier molecular flexibility index (Phi) is 11.8. The molecule has 1 N–H and O–H groups in total. The van der Waals surface area contributed by atoms with E-state index in [2.05, 4.69) is 17.2 Å². The van der Waals surface area contributed by atoms with Gasteiger partial charge in [0.05, 0.1) is 12.7 Å². The van der Waals surface area contributed by atoms with Crippen LogP contribution in [0.15, 0.2) is 18.3 Å². The molecule has 0 spiro atoms. The van der Waals surface area contributed by atoms with Gasteiger partial charge in [-0.1, -0.05) is 39.3 Å². The van der Waals surface area contributed by atoms with Crippen LogP contribution in [0.1, 0.15) is 63.3 Å². The fourth-order valence-corrected chi connectivity index (χ4v) is 2.01. The molecule has 0 bridgehead atoms. The molecule has 1 heterocycles. The van der Waals surface area contributed by atoms with Gasteiger partial charge in [-0.25, -0.2) is 13.8 Å². The topological polar surface area (TPSA) is 46.9 Å². The van der Waals surface area contributed by atoms with Crippen molar-refractivity contribution in [2.24, 2.45) is 0 Å². The number of imidazole rings is 1. The number of hydrogen-bond acceptors (Lipinski definition) is 2. The molecule has 1 aromatic rings. The number of carbonyl (C=O) groups is 1. The molecule has 1 aromatic heterocycles. The number of unbranched alkanes of at least 4 members (excludes halogenated alkanes) is 1. The summed E-state index contributed by atoms with van der Waals surface area (Å²) in [6.07, 6.45) is 6.46. The van der Waals surface area contributed by atoms with Crippen LogP contribution in [0.25, 0.3) is 0 Å². The van der Waals surface area contributed by atoms with Crippen molar-refractivity contribution in [1.29, 1.82) is 0 Å². The first-order valence-corrected chi connectivity index (χ1v) is 8.32. The van der Waals surface area contributed by atoms with E-state index >= 15 is 0 Å². The maximum atomic E-state index is 12.2. The first-order valence-electron chi connectivity index (χ1n) is 8.32. The minimum Gasteiger partial charge on any atom is -0.345 e. The molecule has 0 aliphatic carbocycles. The van der Waals surface area contributed by atoms with Crippen LogP contribution >= 0.6 is 0 Å². The fraction of sp³-hybridized carbons (Fsp3) is 0.647. The first-order chi connectivity index (χ1) is 11.1. The Morgan fingerprint density at radius 1 is 1.43 bits per heavy atom. The van der Waals surface area contributed by atoms with Crippen molar-refractivity contribution in [3.63, 3.8) is 0 Å². The maximum absolute atomic E-state index is 12.2. The Bertz CT molecular complexity index is 470. The summed E-state index contributed by atoms with van der Waals surface area (Å²) in [5, 5.41) is 2.23. The number of alkyl halides is 2. The van der Waals surface area contributed by atoms with Crippen molar-refractivity contribution >= 4 is 5.91 Å². The third-order valence-corrected chi connectivity index (χ3v) is 3.10. The number of amides is 1. The molecule has 1 amide bonds. The molecule has 0 aliphatic rings. The molecule has 132 valence electrons. The van der Waals surface area contributed by atoms with Crippen LogP contribution in [0.4, 0.5) is 8.78 Å². The zero-order valence-electron chi connectivity index (χ0n) is 14.6. The molecular formula is C17H29F2N3O. The van der Waals surface area contributed by atoms with E-state index in [0.717, 1.165) is 31.5 Å². The average molecular weight is 329 g/mol. The third-order valence-electron chi connectivity index (χ3n) is 3.10. The number of nitrogens with zero attached hydrogens (tertiary/aromatic N) is 2. The van der Waals surface area contributed by atoms with Gasteiger partial charge in [0.25, 0.3) is 12.3 Å². The zero-order valence-corrected chi connectivity index (χ0v) is 14.6. The standard InChI is InChI=1S/C15H23F2N3O.C2H6/c1-3-5-7-9-20-12(15(21)19-11-13(16)17)10-18-14(20)8-6-4-2;1-2/h3,5,10,13H,4,6-9,11H2,1-2H3,(H,19,21);1-2H3/b5-3-;. The predicted molar refractivity (Wildman–Crippen MR) is 90.0 cm³/mol. The summed E-state index contributed by atoms with van der Waals surface area (Å²) in [5.41, 5.74) is 0.353. The van der Waals surface area contributed by atoms with Crippen LogP contribution in [-0.4, -0.2) is 28.4 Å². The minimum absolute atomic E-state index is 0.353. The van der Waals surface area contributed by atoms with Crippen LogP contribution in [0.2, 0.25) is 0 Å². The Morgan fingerprint density at radius 3 is 2.70 bits per heavy atom. The van der Waals surface area contributed by atoms with Gasteiger partial charge in [-0.2, -0.15) is 0 Å². The van der Waals surface area contributed by atoms with E-state index in [1.54, 1.807) is 0 Å². The normalized spacial score (nSPS) is 10.7. The van der Waals surface area contributed by atoms with Gasteiger partial charge in [-0.15, -0.1) is 0 Å². The number of carbonyl (C=O) groups excluding carboxylic acids is 1. The van der Waals surface area contributed by atoms with Crippen LogP contribution in [-0.2, 0) is 13.0 Å². The van der Waals surface area contributed by atoms with E-state index in [1.807, 2.05) is 37.5 Å². The molecule has 0 aromatic carbocycles. The summed E-state index contributed by atoms with van der Waals surface area (Å²) < 4.78 is 26.2. The Hall–Kier alpha value is -1.72. The number of nitrogens with one attached hydrogen (secondary N) is 1. The molecule has 6 heteroatoms. The zero-order chi connectivity index (χ0) is 17.7. The number of rotatable bonds is 9. The molecular weight excluding hydrogens is 300 g/mol. The molecule has 4 nitrogen and oxygen atoms in total. The Labute approximate surface area is 138 Å². The Balaban J connectivity index is 0.00000232. The minimum atomic E-state index is -2.55. The number of halogens is 2. The third kappa shape index (κ3) is 7.90. The van der Waals surface area contributed by atoms with Crippen LogP contribution in [0.5, 0.6) is 0 Å². The van der Waals surface area contributed by atoms with Crippen molar-refractivity contribution in [3.05, 3.63) is 29.9 Å². The number of aromatic nitrogens is 2. The van der Waals surface area contributed by atoms with E-state index in [4.69, 9.17) is 0 Å². The van der Waals surface area contributed by atoms with Crippen LogP contribution in [0.3, 0.4) is 0 Å². The van der Waals surface area contributed by atoms with Crippen molar-refractivity contribution in [2.45, 2.75) is 66.3 Å². The number of allylic oxidation sites excluding steroid dienone is 2. The molecule has 0 saturated heterocycles. The van der Waals surface area contributed by atoms with Crippen molar-refractivity contribution in [1.82, 2.24) is 14.9 Å². The highest BCUT2D eigenvalue weighted by Gasteiger charge is 2.16. The lowest BCUT2D eigenvalue weighted by Crippen LogP contribution is -2.30. The van der Waals surface area contributed by atoms with Gasteiger partial charge in [0.2, 0.25) is 0 Å². The number of aryl methyl sites for hydroxylation is 1. The van der Waals surface area contributed by atoms with Gasteiger partial charge in [-0.3, -0.25) is 4.79 Å². The summed E-state index contributed by atoms with van der Waals surface area (Å²) in [6.45, 7) is 8.01. The molecule has 0 fully saturated rings. The largest absolute Gasteiger partial charge is 0.345 e. The van der Waals surface area contributed by atoms with Crippen molar-refractivity contribution in [3.8, 4) is 0 Å². The van der Waals surface area contributed by atoms with E-state index < -0.39 is 18.9 Å². The second kappa shape index (κ2) is 12.8. The van der Waals surface area contributed by atoms with Gasteiger partial charge < -0.3 is 9.88 Å². The van der Waals surface area contributed by atoms with Crippen molar-refractivity contribution in [2.75, 3.05) is 6.54 Å². The monoisotopic (exact) mass is 329 g/mol. The van der Waals surface area contributed by atoms with E-state index in [-0.39, 0.29) is 0 Å². The molecule has 0 unspecified atom stereocenters. The van der Waals surface area contributed by atoms with E-state index in [0.29, 0.717) is 12.2 Å². The van der Waals surface area contributed by atoms with Gasteiger partial charge in [0, 0.05) is 13.0 Å². The van der Waals surface area contributed by atoms with Gasteiger partial charge >= 0.3 is 0 Å². The summed E-state index contributed by atoms with van der Waals surface area (Å²) in [6, 6.07) is 0. The maximum Gasteiger partial charge on any atom is 0.269 e. The van der Waals surface area contributed by atoms with Gasteiger partial charge in [0.15, 0.2) is 0 Å². The number of hydrogen-bond donors (Lipinski definition) is 1. The second-order valence-corrected chi connectivity index (χ2v) is 4.77. The highest BCUT2D eigenvalue weighted by atomic mass is 19.3. The van der Waals surface area contributed by atoms with Crippen LogP contribution < -0.4 is 5.32 Å². The van der Waals surface area contributed by atoms with Gasteiger partial charge in [0.1, 0.15) is 11.5 Å². The van der Waals surface area contributed by atoms with Crippen molar-refractivity contribution < 1.29 is 13.6 Å². The molecule has 1 rings (SSSR count). The molecule has 0 saturated carbocycles. The first kappa shape index (κ1) is 21.3. The molecule has 0 aliphatic heterocycles. The predicted octanol–water partition coefficient (Wildman–Crippen LogP) is 4.21. The average Bonchev–Trinajstić information content (AvgIpc) is 2.95. The van der Waals surface area contributed by atoms with E-state index in [9.17, 15) is 13.6 Å². The second-order valence-electron chi connectivity index (χ2n) is 4.77. The summed E-state index contributed by atoms with van der Waals surface area (Å²) in [4.78, 5) is 16.2. The lowest BCUT2D eigenvalue weighted by Gasteiger charge is -2.11. The quantitative estimate of drug-likeness (QED) is 0.690. The molecule has 0 radical (unpaired) electrons. The van der Waals surface area contributed by atoms with Gasteiger partial charge in [-0.05, 0) is 19.8 Å². The lowest BCUT2D eigenvalue weighted by atomic mass is 10.2. The highest BCUT2D eigenvalue weighted by molar-refractivity contribution is 5.92. The van der Waals surface area contributed by atoms with E-state index in [1.165, 1.54) is 6.20 Å². The SMILES string of the molecule is C/C=C\CCn1c(C(=O)NCC(F)F)cnc1CCCC.CC. The summed E-state index contributed by atoms with van der Waals surface area (Å²) >= 11 is 0.